The highest BCUT2D eigenvalue weighted by Crippen LogP contribution is 2.47. The van der Waals surface area contributed by atoms with E-state index in [0.29, 0.717) is 24.9 Å². The van der Waals surface area contributed by atoms with Crippen molar-refractivity contribution in [1.29, 1.82) is 0 Å². The molecule has 1 N–H and O–H groups in total. The lowest BCUT2D eigenvalue weighted by atomic mass is 9.67. The van der Waals surface area contributed by atoms with Crippen molar-refractivity contribution in [3.63, 3.8) is 0 Å². The first-order valence-electron chi connectivity index (χ1n) is 12.5. The Morgan fingerprint density at radius 1 is 1.03 bits per heavy atom. The van der Waals surface area contributed by atoms with Crippen LogP contribution in [0.2, 0.25) is 0 Å². The van der Waals surface area contributed by atoms with Gasteiger partial charge in [-0.1, -0.05) is 52.9 Å². The minimum absolute atomic E-state index is 0.0424. The van der Waals surface area contributed by atoms with Crippen LogP contribution in [0.15, 0.2) is 18.2 Å². The highest BCUT2D eigenvalue weighted by atomic mass is 16.6. The predicted molar refractivity (Wildman–Crippen MR) is 130 cm³/mol. The van der Waals surface area contributed by atoms with Gasteiger partial charge >= 0.3 is 6.03 Å². The third-order valence-corrected chi connectivity index (χ3v) is 7.05. The first kappa shape index (κ1) is 25.6. The summed E-state index contributed by atoms with van der Waals surface area (Å²) >= 11 is 0. The molecule has 0 saturated carbocycles. The van der Waals surface area contributed by atoms with Gasteiger partial charge < -0.3 is 4.90 Å². The van der Waals surface area contributed by atoms with Crippen LogP contribution in [0, 0.1) is 15.5 Å². The van der Waals surface area contributed by atoms with Gasteiger partial charge in [-0.15, -0.1) is 0 Å². The normalized spacial score (nSPS) is 22.2. The number of non-ortho nitro benzene ring substituents is 1. The molecule has 34 heavy (non-hydrogen) atoms. The first-order valence-corrected chi connectivity index (χ1v) is 12.5. The van der Waals surface area contributed by atoms with E-state index in [0.717, 1.165) is 44.2 Å². The highest BCUT2D eigenvalue weighted by molar-refractivity contribution is 6.20. The summed E-state index contributed by atoms with van der Waals surface area (Å²) < 4.78 is 0. The molecular formula is C25H36N4O5. The van der Waals surface area contributed by atoms with Crippen molar-refractivity contribution in [1.82, 2.24) is 10.2 Å². The van der Waals surface area contributed by atoms with E-state index >= 15 is 0 Å². The van der Waals surface area contributed by atoms with Crippen molar-refractivity contribution < 1.29 is 19.3 Å². The van der Waals surface area contributed by atoms with Crippen LogP contribution in [0.5, 0.6) is 0 Å². The number of carbonyl (C=O) groups is 3. The largest absolute Gasteiger partial charge is 0.367 e. The van der Waals surface area contributed by atoms with E-state index in [-0.39, 0.29) is 18.7 Å². The molecule has 0 aliphatic carbocycles. The van der Waals surface area contributed by atoms with Crippen LogP contribution in [0.3, 0.4) is 0 Å². The maximum Gasteiger partial charge on any atom is 0.330 e. The van der Waals surface area contributed by atoms with Crippen LogP contribution >= 0.6 is 0 Å². The number of amides is 4. The average Bonchev–Trinajstić information content (AvgIpc) is 2.81. The van der Waals surface area contributed by atoms with Crippen molar-refractivity contribution in [2.75, 3.05) is 18.0 Å². The maximum atomic E-state index is 14.0. The van der Waals surface area contributed by atoms with Crippen molar-refractivity contribution in [3.05, 3.63) is 33.9 Å². The van der Waals surface area contributed by atoms with Gasteiger partial charge in [-0.3, -0.25) is 29.9 Å². The quantitative estimate of drug-likeness (QED) is 0.218. The topological polar surface area (TPSA) is 113 Å². The molecule has 1 aromatic carbocycles. The zero-order valence-corrected chi connectivity index (χ0v) is 20.5. The van der Waals surface area contributed by atoms with E-state index in [1.165, 1.54) is 17.0 Å². The number of nitrogens with zero attached hydrogens (tertiary/aromatic N) is 3. The fraction of sp³-hybridized carbons (Fsp3) is 0.640. The van der Waals surface area contributed by atoms with Crippen molar-refractivity contribution >= 4 is 29.2 Å². The van der Waals surface area contributed by atoms with Gasteiger partial charge in [0.25, 0.3) is 5.69 Å². The molecule has 0 bridgehead atoms. The van der Waals surface area contributed by atoms with E-state index in [1.54, 1.807) is 6.07 Å². The Labute approximate surface area is 201 Å². The van der Waals surface area contributed by atoms with Gasteiger partial charge in [-0.25, -0.2) is 4.79 Å². The number of benzene rings is 1. The minimum Gasteiger partial charge on any atom is -0.367 e. The third-order valence-electron chi connectivity index (χ3n) is 7.05. The summed E-state index contributed by atoms with van der Waals surface area (Å²) in [6, 6.07) is 3.58. The van der Waals surface area contributed by atoms with Crippen molar-refractivity contribution in [3.8, 4) is 0 Å². The van der Waals surface area contributed by atoms with E-state index in [9.17, 15) is 24.5 Å². The van der Waals surface area contributed by atoms with Gasteiger partial charge in [0.1, 0.15) is 0 Å². The van der Waals surface area contributed by atoms with E-state index in [4.69, 9.17) is 0 Å². The summed E-state index contributed by atoms with van der Waals surface area (Å²) in [7, 11) is 0. The molecule has 1 spiro atoms. The SMILES string of the molecule is CCCCCCN1C(=O)NC(=O)C2(Cc3cc([N+](=O)[O-])ccc3N(CCCC)C2CCC)C1=O. The number of urea groups is 1. The van der Waals surface area contributed by atoms with Crippen molar-refractivity contribution in [2.24, 2.45) is 5.41 Å². The summed E-state index contributed by atoms with van der Waals surface area (Å²) in [6.07, 6.45) is 6.77. The lowest BCUT2D eigenvalue weighted by Crippen LogP contribution is -2.72. The second-order valence-electron chi connectivity index (χ2n) is 9.35. The first-order chi connectivity index (χ1) is 16.3. The number of anilines is 1. The number of barbiturate groups is 1. The third kappa shape index (κ3) is 4.65. The second-order valence-corrected chi connectivity index (χ2v) is 9.35. The molecule has 9 nitrogen and oxygen atoms in total. The monoisotopic (exact) mass is 472 g/mol. The standard InChI is InChI=1S/C25H36N4O5/c1-4-7-9-10-15-28-23(31)25(22(30)26-24(28)32)17-18-16-19(29(33)34)12-13-20(18)27(14-8-5-2)21(25)11-6-3/h12-13,16,21H,4-11,14-15,17H2,1-3H3,(H,26,30,32). The Morgan fingerprint density at radius 2 is 1.76 bits per heavy atom. The maximum absolute atomic E-state index is 14.0. The van der Waals surface area contributed by atoms with Crippen LogP contribution < -0.4 is 10.2 Å². The minimum atomic E-state index is -1.50. The lowest BCUT2D eigenvalue weighted by molar-refractivity contribution is -0.384. The Kier molecular flexibility index (Phi) is 8.28. The smallest absolute Gasteiger partial charge is 0.330 e. The number of nitrogens with one attached hydrogen (secondary N) is 1. The summed E-state index contributed by atoms with van der Waals surface area (Å²) in [4.78, 5) is 54.5. The van der Waals surface area contributed by atoms with Gasteiger partial charge in [-0.2, -0.15) is 0 Å². The molecule has 0 aromatic heterocycles. The number of nitro benzene ring substituents is 1. The Bertz CT molecular complexity index is 949. The molecule has 3 rings (SSSR count). The Morgan fingerprint density at radius 3 is 2.41 bits per heavy atom. The lowest BCUT2D eigenvalue weighted by Gasteiger charge is -2.52. The average molecular weight is 473 g/mol. The number of hydrogen-bond donors (Lipinski definition) is 1. The predicted octanol–water partition coefficient (Wildman–Crippen LogP) is 4.57. The molecule has 186 valence electrons. The number of unbranched alkanes of at least 4 members (excludes halogenated alkanes) is 4. The number of fused-ring (bicyclic) bond motifs is 1. The zero-order chi connectivity index (χ0) is 24.9. The zero-order valence-electron chi connectivity index (χ0n) is 20.5. The summed E-state index contributed by atoms with van der Waals surface area (Å²) in [5.74, 6) is -1.07. The molecule has 2 aliphatic heterocycles. The molecule has 2 aliphatic rings. The van der Waals surface area contributed by atoms with Gasteiger partial charge in [0.15, 0.2) is 5.41 Å². The van der Waals surface area contributed by atoms with Gasteiger partial charge in [0.05, 0.1) is 11.0 Å². The molecule has 4 amide bonds. The molecular weight excluding hydrogens is 436 g/mol. The van der Waals surface area contributed by atoms with Gasteiger partial charge in [-0.05, 0) is 30.9 Å². The molecule has 2 atom stereocenters. The van der Waals surface area contributed by atoms with Crippen LogP contribution in [0.1, 0.15) is 77.7 Å². The van der Waals surface area contributed by atoms with Gasteiger partial charge in [0.2, 0.25) is 11.8 Å². The molecule has 1 fully saturated rings. The summed E-state index contributed by atoms with van der Waals surface area (Å²) in [6.45, 7) is 7.05. The van der Waals surface area contributed by atoms with E-state index in [2.05, 4.69) is 24.1 Å². The molecule has 0 radical (unpaired) electrons. The molecule has 2 heterocycles. The molecule has 9 heteroatoms. The van der Waals surface area contributed by atoms with Crippen LogP contribution in [-0.2, 0) is 16.0 Å². The Hall–Kier alpha value is -2.97. The fourth-order valence-electron chi connectivity index (χ4n) is 5.30. The molecule has 1 saturated heterocycles. The number of nitro groups is 1. The molecule has 1 aromatic rings. The Balaban J connectivity index is 2.10. The fourth-order valence-corrected chi connectivity index (χ4v) is 5.30. The summed E-state index contributed by atoms with van der Waals surface area (Å²) in [5, 5.41) is 13.9. The van der Waals surface area contributed by atoms with Crippen LogP contribution in [-0.4, -0.2) is 46.8 Å². The van der Waals surface area contributed by atoms with Crippen molar-refractivity contribution in [2.45, 2.75) is 84.6 Å². The molecule has 2 unspecified atom stereocenters. The number of rotatable bonds is 11. The number of hydrogen-bond acceptors (Lipinski definition) is 6. The number of imide groups is 2. The summed E-state index contributed by atoms with van der Waals surface area (Å²) in [5.41, 5.74) is -0.143. The highest BCUT2D eigenvalue weighted by Gasteiger charge is 2.61. The van der Waals surface area contributed by atoms with E-state index in [1.807, 2.05) is 6.92 Å². The van der Waals surface area contributed by atoms with Crippen LogP contribution in [0.4, 0.5) is 16.2 Å². The van der Waals surface area contributed by atoms with E-state index < -0.39 is 34.2 Å². The van der Waals surface area contributed by atoms with Gasteiger partial charge in [0, 0.05) is 37.3 Å². The van der Waals surface area contributed by atoms with Crippen LogP contribution in [0.25, 0.3) is 0 Å². The number of carbonyl (C=O) groups excluding carboxylic acids is 3. The second kappa shape index (κ2) is 11.0.